The van der Waals surface area contributed by atoms with Gasteiger partial charge in [-0.15, -0.1) is 0 Å². The fourth-order valence-corrected chi connectivity index (χ4v) is 2.95. The molecule has 0 radical (unpaired) electrons. The van der Waals surface area contributed by atoms with E-state index in [2.05, 4.69) is 28.9 Å². The summed E-state index contributed by atoms with van der Waals surface area (Å²) in [7, 11) is 0. The number of aryl methyl sites for hydroxylation is 1. The molecule has 1 aliphatic heterocycles. The van der Waals surface area contributed by atoms with Crippen molar-refractivity contribution >= 4 is 11.0 Å². The van der Waals surface area contributed by atoms with Gasteiger partial charge < -0.3 is 4.57 Å². The minimum Gasteiger partial charge on any atom is -0.325 e. The zero-order chi connectivity index (χ0) is 14.7. The summed E-state index contributed by atoms with van der Waals surface area (Å²) in [6.45, 7) is 8.14. The fraction of sp³-hybridized carbons (Fsp3) is 0.615. The van der Waals surface area contributed by atoms with E-state index in [0.717, 1.165) is 12.2 Å². The van der Waals surface area contributed by atoms with Crippen LogP contribution in [0.1, 0.15) is 30.8 Å². The summed E-state index contributed by atoms with van der Waals surface area (Å²) in [5.41, 5.74) is 1.32. The molecule has 0 aromatic carbocycles. The Labute approximate surface area is 114 Å². The van der Waals surface area contributed by atoms with Gasteiger partial charge in [0.2, 0.25) is 0 Å². The number of rotatable bonds is 1. The molecule has 0 fully saturated rings. The van der Waals surface area contributed by atoms with E-state index in [1.165, 1.54) is 0 Å². The Morgan fingerprint density at radius 1 is 1.25 bits per heavy atom. The summed E-state index contributed by atoms with van der Waals surface area (Å²) in [4.78, 5) is 2.26. The molecule has 0 saturated carbocycles. The Kier molecular flexibility index (Phi) is 2.86. The minimum atomic E-state index is -4.39. The van der Waals surface area contributed by atoms with Crippen molar-refractivity contribution in [1.82, 2.24) is 19.7 Å². The zero-order valence-electron chi connectivity index (χ0n) is 11.7. The monoisotopic (exact) mass is 286 g/mol. The summed E-state index contributed by atoms with van der Waals surface area (Å²) >= 11 is 0. The van der Waals surface area contributed by atoms with Crippen LogP contribution in [0.3, 0.4) is 0 Å². The molecule has 1 aliphatic rings. The summed E-state index contributed by atoms with van der Waals surface area (Å²) in [6, 6.07) is 0.383. The highest BCUT2D eigenvalue weighted by Crippen LogP contribution is 2.38. The molecule has 2 aromatic heterocycles. The second kappa shape index (κ2) is 4.25. The molecule has 0 saturated heterocycles. The highest BCUT2D eigenvalue weighted by Gasteiger charge is 2.38. The second-order valence-corrected chi connectivity index (χ2v) is 5.58. The maximum absolute atomic E-state index is 13.0. The number of hydrogen-bond donors (Lipinski definition) is 1. The lowest BCUT2D eigenvalue weighted by Gasteiger charge is -2.32. The van der Waals surface area contributed by atoms with Gasteiger partial charge in [0, 0.05) is 31.4 Å². The second-order valence-electron chi connectivity index (χ2n) is 5.58. The van der Waals surface area contributed by atoms with Crippen LogP contribution in [0.4, 0.5) is 13.2 Å². The van der Waals surface area contributed by atoms with Crippen LogP contribution in [-0.2, 0) is 19.3 Å². The maximum Gasteiger partial charge on any atom is 0.433 e. The molecule has 0 unspecified atom stereocenters. The lowest BCUT2D eigenvalue weighted by Crippen LogP contribution is -2.38. The molecule has 0 spiro atoms. The number of nitrogens with one attached hydrogen (secondary N) is 1. The number of halogens is 3. The molecule has 20 heavy (non-hydrogen) atoms. The molecule has 0 amide bonds. The zero-order valence-corrected chi connectivity index (χ0v) is 11.7. The van der Waals surface area contributed by atoms with E-state index in [-0.39, 0.29) is 5.39 Å². The Morgan fingerprint density at radius 3 is 2.55 bits per heavy atom. The molecule has 7 heteroatoms. The van der Waals surface area contributed by atoms with Gasteiger partial charge in [-0.05, 0) is 26.3 Å². The van der Waals surface area contributed by atoms with Crippen LogP contribution in [0.25, 0.3) is 11.0 Å². The van der Waals surface area contributed by atoms with Crippen LogP contribution in [0.2, 0.25) is 0 Å². The van der Waals surface area contributed by atoms with E-state index in [0.29, 0.717) is 30.3 Å². The van der Waals surface area contributed by atoms with Crippen molar-refractivity contribution in [2.45, 2.75) is 46.1 Å². The molecular formula is C13H17F3N4. The molecular weight excluding hydrogens is 269 g/mol. The van der Waals surface area contributed by atoms with Crippen molar-refractivity contribution in [2.75, 3.05) is 6.54 Å². The number of nitrogens with zero attached hydrogens (tertiary/aromatic N) is 3. The van der Waals surface area contributed by atoms with E-state index < -0.39 is 11.9 Å². The van der Waals surface area contributed by atoms with Crippen LogP contribution in [0, 0.1) is 6.92 Å². The standard InChI is InChI=1S/C13H17F3N4/c1-7(2)19-4-5-20-9(6-19)8(3)10-11(13(14,15)16)17-18-12(10)20/h7H,4-6H2,1-3H3,(H,17,18). The van der Waals surface area contributed by atoms with Gasteiger partial charge >= 0.3 is 6.18 Å². The van der Waals surface area contributed by atoms with Gasteiger partial charge in [-0.25, -0.2) is 0 Å². The van der Waals surface area contributed by atoms with E-state index in [1.807, 2.05) is 4.57 Å². The first-order valence-electron chi connectivity index (χ1n) is 6.68. The first kappa shape index (κ1) is 13.5. The Morgan fingerprint density at radius 2 is 1.95 bits per heavy atom. The minimum absolute atomic E-state index is 0.220. The smallest absolute Gasteiger partial charge is 0.325 e. The van der Waals surface area contributed by atoms with Crippen LogP contribution in [0.15, 0.2) is 0 Å². The van der Waals surface area contributed by atoms with E-state index in [9.17, 15) is 13.2 Å². The topological polar surface area (TPSA) is 36.9 Å². The number of hydrogen-bond acceptors (Lipinski definition) is 2. The molecule has 0 bridgehead atoms. The van der Waals surface area contributed by atoms with Crippen molar-refractivity contribution in [2.24, 2.45) is 0 Å². The van der Waals surface area contributed by atoms with Crippen LogP contribution < -0.4 is 0 Å². The van der Waals surface area contributed by atoms with Crippen LogP contribution in [0.5, 0.6) is 0 Å². The van der Waals surface area contributed by atoms with Crippen molar-refractivity contribution < 1.29 is 13.2 Å². The average molecular weight is 286 g/mol. The first-order chi connectivity index (χ1) is 9.30. The highest BCUT2D eigenvalue weighted by atomic mass is 19.4. The third-order valence-electron chi connectivity index (χ3n) is 4.11. The highest BCUT2D eigenvalue weighted by molar-refractivity contribution is 5.85. The molecule has 1 N–H and O–H groups in total. The van der Waals surface area contributed by atoms with Crippen molar-refractivity contribution in [3.05, 3.63) is 17.0 Å². The normalized spacial score (nSPS) is 17.1. The Balaban J connectivity index is 2.16. The number of alkyl halides is 3. The van der Waals surface area contributed by atoms with E-state index >= 15 is 0 Å². The molecule has 3 heterocycles. The van der Waals surface area contributed by atoms with Crippen molar-refractivity contribution in [1.29, 1.82) is 0 Å². The summed E-state index contributed by atoms with van der Waals surface area (Å²) < 4.78 is 40.9. The molecule has 0 atom stereocenters. The summed E-state index contributed by atoms with van der Waals surface area (Å²) in [5, 5.41) is 6.26. The predicted molar refractivity (Wildman–Crippen MR) is 69.4 cm³/mol. The molecule has 0 aliphatic carbocycles. The quantitative estimate of drug-likeness (QED) is 0.875. The van der Waals surface area contributed by atoms with Crippen molar-refractivity contribution in [3.63, 3.8) is 0 Å². The molecule has 110 valence electrons. The average Bonchev–Trinajstić information content (AvgIpc) is 2.90. The van der Waals surface area contributed by atoms with Gasteiger partial charge in [0.15, 0.2) is 5.65 Å². The van der Waals surface area contributed by atoms with Gasteiger partial charge in [-0.2, -0.15) is 18.3 Å². The summed E-state index contributed by atoms with van der Waals surface area (Å²) in [5.74, 6) is 0. The molecule has 2 aromatic rings. The van der Waals surface area contributed by atoms with Crippen molar-refractivity contribution in [3.8, 4) is 0 Å². The lowest BCUT2D eigenvalue weighted by molar-refractivity contribution is -0.139. The van der Waals surface area contributed by atoms with Crippen LogP contribution in [-0.4, -0.2) is 32.3 Å². The SMILES string of the molecule is Cc1c2n(c3n[nH]c(C(F)(F)F)c13)CCN(C(C)C)C2. The van der Waals surface area contributed by atoms with E-state index in [1.54, 1.807) is 6.92 Å². The first-order valence-corrected chi connectivity index (χ1v) is 6.68. The van der Waals surface area contributed by atoms with Gasteiger partial charge in [-0.3, -0.25) is 10.00 Å². The molecule has 3 rings (SSSR count). The number of H-pyrrole nitrogens is 1. The predicted octanol–water partition coefficient (Wildman–Crippen LogP) is 2.92. The number of aromatic nitrogens is 3. The molecule has 4 nitrogen and oxygen atoms in total. The van der Waals surface area contributed by atoms with Gasteiger partial charge in [0.25, 0.3) is 0 Å². The third kappa shape index (κ3) is 1.83. The third-order valence-corrected chi connectivity index (χ3v) is 4.11. The maximum atomic E-state index is 13.0. The van der Waals surface area contributed by atoms with Gasteiger partial charge in [0.05, 0.1) is 5.39 Å². The van der Waals surface area contributed by atoms with Gasteiger partial charge in [0.1, 0.15) is 5.69 Å². The summed E-state index contributed by atoms with van der Waals surface area (Å²) in [6.07, 6.45) is -4.39. The number of aromatic amines is 1. The fourth-order valence-electron chi connectivity index (χ4n) is 2.95. The lowest BCUT2D eigenvalue weighted by atomic mass is 10.1. The largest absolute Gasteiger partial charge is 0.433 e. The van der Waals surface area contributed by atoms with Crippen LogP contribution >= 0.6 is 0 Å². The Hall–Kier alpha value is -1.50. The van der Waals surface area contributed by atoms with Gasteiger partial charge in [-0.1, -0.05) is 0 Å². The van der Waals surface area contributed by atoms with E-state index in [4.69, 9.17) is 0 Å². The number of fused-ring (bicyclic) bond motifs is 3. The Bertz CT molecular complexity index is 651.